The van der Waals surface area contributed by atoms with E-state index in [-0.39, 0.29) is 18.0 Å². The third-order valence-electron chi connectivity index (χ3n) is 2.68. The molecule has 9 nitrogen and oxygen atoms in total. The lowest BCUT2D eigenvalue weighted by atomic mass is 10.2. The number of benzene rings is 1. The molecule has 0 saturated carbocycles. The molecule has 2 aromatic rings. The first-order valence-corrected chi connectivity index (χ1v) is 6.97. The first-order valence-electron chi connectivity index (χ1n) is 5.78. The molecule has 0 spiro atoms. The first-order chi connectivity index (χ1) is 10.4. The lowest BCUT2D eigenvalue weighted by Gasteiger charge is -2.08. The van der Waals surface area contributed by atoms with Gasteiger partial charge < -0.3 is 10.1 Å². The van der Waals surface area contributed by atoms with E-state index in [9.17, 15) is 20.2 Å². The summed E-state index contributed by atoms with van der Waals surface area (Å²) in [4.78, 5) is 25.2. The molecule has 0 atom stereocenters. The van der Waals surface area contributed by atoms with Crippen LogP contribution in [0.3, 0.4) is 0 Å². The number of anilines is 1. The molecule has 11 heteroatoms. The molecule has 0 amide bonds. The number of hydrogen-bond donors (Lipinski definition) is 1. The summed E-state index contributed by atoms with van der Waals surface area (Å²) in [6.45, 7) is 0.203. The largest absolute Gasteiger partial charge is 0.490 e. The standard InChI is InChI=1S/C11H9ClN4O5S/c1-21-8-3-2-7(9(15(17)18)10(8)16(19)20)13-4-6-5-14-11(12)22-6/h2-3,5,13H,4H2,1H3. The zero-order chi connectivity index (χ0) is 16.3. The second-order valence-corrected chi connectivity index (χ2v) is 5.66. The van der Waals surface area contributed by atoms with Crippen LogP contribution in [0, 0.1) is 20.2 Å². The fourth-order valence-electron chi connectivity index (χ4n) is 1.78. The summed E-state index contributed by atoms with van der Waals surface area (Å²) in [7, 11) is 1.21. The molecule has 116 valence electrons. The monoisotopic (exact) mass is 344 g/mol. The van der Waals surface area contributed by atoms with Gasteiger partial charge in [0.15, 0.2) is 4.47 Å². The fraction of sp³-hybridized carbons (Fsp3) is 0.182. The average Bonchev–Trinajstić information content (AvgIpc) is 2.89. The molecule has 0 fully saturated rings. The summed E-state index contributed by atoms with van der Waals surface area (Å²) >= 11 is 6.90. The third-order valence-corrected chi connectivity index (χ3v) is 3.79. The highest BCUT2D eigenvalue weighted by atomic mass is 35.5. The van der Waals surface area contributed by atoms with Gasteiger partial charge in [0.25, 0.3) is 0 Å². The van der Waals surface area contributed by atoms with Gasteiger partial charge >= 0.3 is 11.4 Å². The number of nitro benzene ring substituents is 2. The molecular weight excluding hydrogens is 336 g/mol. The number of rotatable bonds is 6. The van der Waals surface area contributed by atoms with E-state index in [0.717, 1.165) is 4.88 Å². The van der Waals surface area contributed by atoms with Crippen LogP contribution in [0.5, 0.6) is 5.75 Å². The van der Waals surface area contributed by atoms with Gasteiger partial charge in [0.2, 0.25) is 5.75 Å². The van der Waals surface area contributed by atoms with Gasteiger partial charge in [0, 0.05) is 11.1 Å². The van der Waals surface area contributed by atoms with Crippen molar-refractivity contribution < 1.29 is 14.6 Å². The predicted octanol–water partition coefficient (Wildman–Crippen LogP) is 3.23. The van der Waals surface area contributed by atoms with Crippen LogP contribution in [-0.4, -0.2) is 21.9 Å². The number of nitrogens with zero attached hydrogens (tertiary/aromatic N) is 3. The number of nitro groups is 2. The zero-order valence-electron chi connectivity index (χ0n) is 11.1. The van der Waals surface area contributed by atoms with Crippen molar-refractivity contribution in [2.24, 2.45) is 0 Å². The van der Waals surface area contributed by atoms with Crippen LogP contribution in [-0.2, 0) is 6.54 Å². The highest BCUT2D eigenvalue weighted by molar-refractivity contribution is 7.15. The number of halogens is 1. The molecule has 1 aromatic heterocycles. The molecule has 1 N–H and O–H groups in total. The van der Waals surface area contributed by atoms with Crippen LogP contribution < -0.4 is 10.1 Å². The Morgan fingerprint density at radius 1 is 1.32 bits per heavy atom. The van der Waals surface area contributed by atoms with E-state index in [4.69, 9.17) is 16.3 Å². The smallest absolute Gasteiger partial charge is 0.389 e. The van der Waals surface area contributed by atoms with Crippen LogP contribution in [0.1, 0.15) is 4.88 Å². The molecule has 22 heavy (non-hydrogen) atoms. The Morgan fingerprint density at radius 2 is 2.00 bits per heavy atom. The van der Waals surface area contributed by atoms with Crippen molar-refractivity contribution in [1.82, 2.24) is 4.98 Å². The lowest BCUT2D eigenvalue weighted by molar-refractivity contribution is -0.422. The van der Waals surface area contributed by atoms with E-state index >= 15 is 0 Å². The summed E-state index contributed by atoms with van der Waals surface area (Å²) in [5.74, 6) is -0.178. The van der Waals surface area contributed by atoms with Crippen molar-refractivity contribution >= 4 is 40.0 Å². The Balaban J connectivity index is 2.40. The first kappa shape index (κ1) is 15.9. The number of methoxy groups -OCH3 is 1. The van der Waals surface area contributed by atoms with Gasteiger partial charge in [-0.05, 0) is 12.1 Å². The van der Waals surface area contributed by atoms with Crippen molar-refractivity contribution in [3.8, 4) is 5.75 Å². The number of hydrogen-bond acceptors (Lipinski definition) is 8. The second-order valence-electron chi connectivity index (χ2n) is 3.96. The van der Waals surface area contributed by atoms with E-state index in [0.29, 0.717) is 4.47 Å². The van der Waals surface area contributed by atoms with Crippen molar-refractivity contribution in [3.63, 3.8) is 0 Å². The predicted molar refractivity (Wildman–Crippen MR) is 80.8 cm³/mol. The van der Waals surface area contributed by atoms with E-state index in [1.807, 2.05) is 0 Å². The van der Waals surface area contributed by atoms with Crippen molar-refractivity contribution in [1.29, 1.82) is 0 Å². The molecule has 0 radical (unpaired) electrons. The lowest BCUT2D eigenvalue weighted by Crippen LogP contribution is -2.05. The minimum absolute atomic E-state index is 0.0158. The van der Waals surface area contributed by atoms with Gasteiger partial charge in [0.1, 0.15) is 5.69 Å². The molecule has 0 saturated heterocycles. The molecule has 2 rings (SSSR count). The van der Waals surface area contributed by atoms with Gasteiger partial charge in [0.05, 0.1) is 23.5 Å². The second kappa shape index (κ2) is 6.54. The fourth-order valence-corrected chi connectivity index (χ4v) is 2.70. The van der Waals surface area contributed by atoms with Crippen molar-refractivity contribution in [2.75, 3.05) is 12.4 Å². The Kier molecular flexibility index (Phi) is 4.73. The number of nitrogens with one attached hydrogen (secondary N) is 1. The number of aromatic nitrogens is 1. The summed E-state index contributed by atoms with van der Waals surface area (Å²) < 4.78 is 5.16. The topological polar surface area (TPSA) is 120 Å². The van der Waals surface area contributed by atoms with Gasteiger partial charge in [-0.1, -0.05) is 11.6 Å². The highest BCUT2D eigenvalue weighted by Gasteiger charge is 2.33. The minimum atomic E-state index is -0.842. The quantitative estimate of drug-likeness (QED) is 0.630. The Labute approximate surface area is 132 Å². The van der Waals surface area contributed by atoms with E-state index in [1.165, 1.54) is 36.8 Å². The third kappa shape index (κ3) is 3.23. The van der Waals surface area contributed by atoms with Crippen LogP contribution in [0.15, 0.2) is 18.3 Å². The zero-order valence-corrected chi connectivity index (χ0v) is 12.7. The number of thiazole rings is 1. The van der Waals surface area contributed by atoms with E-state index in [2.05, 4.69) is 10.3 Å². The molecule has 0 aliphatic heterocycles. The molecule has 1 heterocycles. The highest BCUT2D eigenvalue weighted by Crippen LogP contribution is 2.42. The van der Waals surface area contributed by atoms with Crippen LogP contribution in [0.25, 0.3) is 0 Å². The van der Waals surface area contributed by atoms with Crippen molar-refractivity contribution in [2.45, 2.75) is 6.54 Å². The number of ether oxygens (including phenoxy) is 1. The van der Waals surface area contributed by atoms with Gasteiger partial charge in [-0.25, -0.2) is 4.98 Å². The van der Waals surface area contributed by atoms with E-state index in [1.54, 1.807) is 0 Å². The van der Waals surface area contributed by atoms with Crippen molar-refractivity contribution in [3.05, 3.63) is 47.9 Å². The molecule has 0 aliphatic carbocycles. The maximum absolute atomic E-state index is 11.2. The van der Waals surface area contributed by atoms with Gasteiger partial charge in [-0.15, -0.1) is 11.3 Å². The van der Waals surface area contributed by atoms with Crippen LogP contribution in [0.4, 0.5) is 17.1 Å². The molecular formula is C11H9ClN4O5S. The molecule has 0 bridgehead atoms. The Bertz CT molecular complexity index is 735. The molecule has 0 unspecified atom stereocenters. The molecule has 0 aliphatic rings. The van der Waals surface area contributed by atoms with E-state index < -0.39 is 21.2 Å². The maximum Gasteiger partial charge on any atom is 0.389 e. The SMILES string of the molecule is COc1ccc(NCc2cnc(Cl)s2)c([N+](=O)[O-])c1[N+](=O)[O-]. The summed E-state index contributed by atoms with van der Waals surface area (Å²) in [5.41, 5.74) is -1.33. The Hall–Kier alpha value is -2.46. The Morgan fingerprint density at radius 3 is 2.50 bits per heavy atom. The summed E-state index contributed by atoms with van der Waals surface area (Å²) in [6.07, 6.45) is 1.52. The minimum Gasteiger partial charge on any atom is -0.490 e. The van der Waals surface area contributed by atoms with Gasteiger partial charge in [-0.3, -0.25) is 20.2 Å². The summed E-state index contributed by atoms with van der Waals surface area (Å²) in [6, 6.07) is 2.65. The normalized spacial score (nSPS) is 10.3. The average molecular weight is 345 g/mol. The van der Waals surface area contributed by atoms with Crippen LogP contribution in [0.2, 0.25) is 4.47 Å². The maximum atomic E-state index is 11.2. The van der Waals surface area contributed by atoms with Crippen LogP contribution >= 0.6 is 22.9 Å². The molecule has 1 aromatic carbocycles. The van der Waals surface area contributed by atoms with Gasteiger partial charge in [-0.2, -0.15) is 0 Å². The summed E-state index contributed by atoms with van der Waals surface area (Å²) in [5, 5.41) is 25.1.